The largest absolute Gasteiger partial charge is 0.475 e. The molecule has 0 saturated carbocycles. The third-order valence-corrected chi connectivity index (χ3v) is 4.64. The minimum Gasteiger partial charge on any atom is -0.463 e. The summed E-state index contributed by atoms with van der Waals surface area (Å²) in [6.07, 6.45) is 4.39. The Kier molecular flexibility index (Phi) is 8.19. The average Bonchev–Trinajstić information content (AvgIpc) is 2.64. The number of hydrogen-bond acceptors (Lipinski definition) is 6. The third-order valence-electron chi connectivity index (χ3n) is 2.97. The standard InChI is InChI=1S/C14H25O6P/c1-4-17-14(15)12-10-8-7-9-11-13(12)20-21(16,18-5-2)19-6-3/h10,13H,4-9,11H2,1-3H3. The summed E-state index contributed by atoms with van der Waals surface area (Å²) in [5, 5.41) is 0. The molecule has 0 spiro atoms. The zero-order valence-corrected chi connectivity index (χ0v) is 13.9. The van der Waals surface area contributed by atoms with Gasteiger partial charge in [0, 0.05) is 0 Å². The highest BCUT2D eigenvalue weighted by molar-refractivity contribution is 7.48. The van der Waals surface area contributed by atoms with Crippen LogP contribution in [0.5, 0.6) is 0 Å². The lowest BCUT2D eigenvalue weighted by atomic mass is 10.1. The Morgan fingerprint density at radius 1 is 1.19 bits per heavy atom. The normalized spacial score (nSPS) is 19.8. The summed E-state index contributed by atoms with van der Waals surface area (Å²) < 4.78 is 33.3. The lowest BCUT2D eigenvalue weighted by Gasteiger charge is -2.23. The van der Waals surface area contributed by atoms with Crippen LogP contribution in [0.3, 0.4) is 0 Å². The SMILES string of the molecule is CCOC(=O)C1=CCCCCC1OP(=O)(OCC)OCC. The number of esters is 1. The highest BCUT2D eigenvalue weighted by atomic mass is 31.2. The van der Waals surface area contributed by atoms with Crippen LogP contribution < -0.4 is 0 Å². The average molecular weight is 320 g/mol. The number of allylic oxidation sites excluding steroid dienone is 1. The molecule has 1 aliphatic carbocycles. The molecule has 122 valence electrons. The van der Waals surface area contributed by atoms with Gasteiger partial charge in [-0.3, -0.25) is 13.6 Å². The summed E-state index contributed by atoms with van der Waals surface area (Å²) in [6.45, 7) is 5.88. The molecule has 0 bridgehead atoms. The molecule has 1 aliphatic rings. The summed E-state index contributed by atoms with van der Waals surface area (Å²) in [5.74, 6) is -0.427. The van der Waals surface area contributed by atoms with Gasteiger partial charge in [0.1, 0.15) is 6.10 Å². The Morgan fingerprint density at radius 2 is 1.86 bits per heavy atom. The molecule has 0 amide bonds. The molecule has 21 heavy (non-hydrogen) atoms. The van der Waals surface area contributed by atoms with E-state index in [0.717, 1.165) is 19.3 Å². The predicted molar refractivity (Wildman–Crippen MR) is 78.9 cm³/mol. The Labute approximate surface area is 126 Å². The van der Waals surface area contributed by atoms with E-state index in [4.69, 9.17) is 18.3 Å². The Bertz CT molecular complexity index is 396. The van der Waals surface area contributed by atoms with E-state index >= 15 is 0 Å². The van der Waals surface area contributed by atoms with Gasteiger partial charge in [-0.15, -0.1) is 0 Å². The summed E-state index contributed by atoms with van der Waals surface area (Å²) in [6, 6.07) is 0. The van der Waals surface area contributed by atoms with Crippen LogP contribution in [0, 0.1) is 0 Å². The van der Waals surface area contributed by atoms with Gasteiger partial charge in [-0.05, 0) is 40.0 Å². The molecule has 0 aromatic rings. The molecule has 0 fully saturated rings. The van der Waals surface area contributed by atoms with Crippen LogP contribution in [0.25, 0.3) is 0 Å². The first-order valence-corrected chi connectivity index (χ1v) is 8.97. The highest BCUT2D eigenvalue weighted by Crippen LogP contribution is 2.52. The molecule has 6 nitrogen and oxygen atoms in total. The van der Waals surface area contributed by atoms with Crippen molar-refractivity contribution >= 4 is 13.8 Å². The molecule has 0 N–H and O–H groups in total. The Balaban J connectivity index is 2.88. The Morgan fingerprint density at radius 3 is 2.43 bits per heavy atom. The second-order valence-corrected chi connectivity index (χ2v) is 6.16. The van der Waals surface area contributed by atoms with Crippen LogP contribution in [0.2, 0.25) is 0 Å². The third kappa shape index (κ3) is 5.91. The van der Waals surface area contributed by atoms with Crippen LogP contribution in [0.15, 0.2) is 11.6 Å². The lowest BCUT2D eigenvalue weighted by molar-refractivity contribution is -0.139. The second kappa shape index (κ2) is 9.36. The number of rotatable bonds is 8. The van der Waals surface area contributed by atoms with Gasteiger partial charge < -0.3 is 4.74 Å². The van der Waals surface area contributed by atoms with Gasteiger partial charge in [-0.25, -0.2) is 9.36 Å². The Hall–Kier alpha value is -0.680. The smallest absolute Gasteiger partial charge is 0.463 e. The number of phosphoric acid groups is 1. The molecule has 0 aliphatic heterocycles. The molecule has 0 heterocycles. The minimum absolute atomic E-state index is 0.211. The van der Waals surface area contributed by atoms with Gasteiger partial charge in [0.2, 0.25) is 0 Å². The number of hydrogen-bond donors (Lipinski definition) is 0. The fourth-order valence-corrected chi connectivity index (χ4v) is 3.49. The molecule has 7 heteroatoms. The first kappa shape index (κ1) is 18.4. The van der Waals surface area contributed by atoms with Gasteiger partial charge in [0.05, 0.1) is 25.4 Å². The number of carbonyl (C=O) groups excluding carboxylic acids is 1. The van der Waals surface area contributed by atoms with Crippen molar-refractivity contribution in [1.29, 1.82) is 0 Å². The van der Waals surface area contributed by atoms with Crippen LogP contribution >= 0.6 is 7.82 Å². The van der Waals surface area contributed by atoms with Gasteiger partial charge in [-0.1, -0.05) is 12.5 Å². The quantitative estimate of drug-likeness (QED) is 0.502. The van der Waals surface area contributed by atoms with Gasteiger partial charge in [0.25, 0.3) is 0 Å². The molecule has 1 unspecified atom stereocenters. The van der Waals surface area contributed by atoms with Gasteiger partial charge in [0.15, 0.2) is 0 Å². The van der Waals surface area contributed by atoms with Crippen molar-refractivity contribution < 1.29 is 27.7 Å². The van der Waals surface area contributed by atoms with Gasteiger partial charge in [-0.2, -0.15) is 0 Å². The maximum atomic E-state index is 12.5. The van der Waals surface area contributed by atoms with Crippen LogP contribution in [0.4, 0.5) is 0 Å². The van der Waals surface area contributed by atoms with Crippen molar-refractivity contribution in [2.45, 2.75) is 52.6 Å². The number of ether oxygens (including phenoxy) is 1. The maximum Gasteiger partial charge on any atom is 0.475 e. The van der Waals surface area contributed by atoms with Crippen LogP contribution in [-0.2, 0) is 27.7 Å². The molecular weight excluding hydrogens is 295 g/mol. The number of carbonyl (C=O) groups is 1. The first-order chi connectivity index (χ1) is 10.1. The topological polar surface area (TPSA) is 71.1 Å². The van der Waals surface area contributed by atoms with Gasteiger partial charge >= 0.3 is 13.8 Å². The number of phosphoric ester groups is 1. The van der Waals surface area contributed by atoms with Crippen LogP contribution in [0.1, 0.15) is 46.5 Å². The fourth-order valence-electron chi connectivity index (χ4n) is 2.13. The predicted octanol–water partition coefficient (Wildman–Crippen LogP) is 3.62. The zero-order valence-electron chi connectivity index (χ0n) is 13.0. The molecule has 1 rings (SSSR count). The van der Waals surface area contributed by atoms with Crippen molar-refractivity contribution in [3.8, 4) is 0 Å². The van der Waals surface area contributed by atoms with Crippen molar-refractivity contribution in [1.82, 2.24) is 0 Å². The lowest BCUT2D eigenvalue weighted by Crippen LogP contribution is -2.23. The van der Waals surface area contributed by atoms with E-state index in [9.17, 15) is 9.36 Å². The van der Waals surface area contributed by atoms with E-state index in [-0.39, 0.29) is 19.8 Å². The summed E-state index contributed by atoms with van der Waals surface area (Å²) in [4.78, 5) is 12.0. The van der Waals surface area contributed by atoms with Crippen molar-refractivity contribution in [3.63, 3.8) is 0 Å². The van der Waals surface area contributed by atoms with E-state index < -0.39 is 19.9 Å². The fraction of sp³-hybridized carbons (Fsp3) is 0.786. The molecule has 0 aromatic heterocycles. The van der Waals surface area contributed by atoms with E-state index in [1.807, 2.05) is 0 Å². The molecule has 0 saturated heterocycles. The van der Waals surface area contributed by atoms with Crippen molar-refractivity contribution in [2.75, 3.05) is 19.8 Å². The molecule has 0 aromatic carbocycles. The zero-order chi connectivity index (χ0) is 15.7. The van der Waals surface area contributed by atoms with E-state index in [1.165, 1.54) is 0 Å². The van der Waals surface area contributed by atoms with E-state index in [0.29, 0.717) is 12.0 Å². The molecule has 1 atom stereocenters. The maximum absolute atomic E-state index is 12.5. The summed E-state index contributed by atoms with van der Waals surface area (Å²) in [7, 11) is -3.65. The van der Waals surface area contributed by atoms with Crippen LogP contribution in [-0.4, -0.2) is 31.9 Å². The summed E-state index contributed by atoms with van der Waals surface area (Å²) in [5.41, 5.74) is 0.411. The van der Waals surface area contributed by atoms with Crippen molar-refractivity contribution in [2.24, 2.45) is 0 Å². The van der Waals surface area contributed by atoms with E-state index in [2.05, 4.69) is 0 Å². The van der Waals surface area contributed by atoms with Crippen molar-refractivity contribution in [3.05, 3.63) is 11.6 Å². The first-order valence-electron chi connectivity index (χ1n) is 7.51. The van der Waals surface area contributed by atoms with E-state index in [1.54, 1.807) is 26.8 Å². The second-order valence-electron chi connectivity index (χ2n) is 4.54. The summed E-state index contributed by atoms with van der Waals surface area (Å²) >= 11 is 0. The molecule has 0 radical (unpaired) electrons. The monoisotopic (exact) mass is 320 g/mol. The highest BCUT2D eigenvalue weighted by Gasteiger charge is 2.34. The minimum atomic E-state index is -3.65. The molecular formula is C14H25O6P.